The maximum atomic E-state index is 12.9. The van der Waals surface area contributed by atoms with Gasteiger partial charge in [-0.25, -0.2) is 4.79 Å². The van der Waals surface area contributed by atoms with E-state index in [1.807, 2.05) is 0 Å². The molecule has 34 heavy (non-hydrogen) atoms. The lowest BCUT2D eigenvalue weighted by Gasteiger charge is -2.25. The highest BCUT2D eigenvalue weighted by atomic mass is 16.4. The number of phenols is 1. The van der Waals surface area contributed by atoms with Crippen molar-refractivity contribution in [1.82, 2.24) is 16.0 Å². The van der Waals surface area contributed by atoms with Crippen LogP contribution in [-0.4, -0.2) is 75.2 Å². The number of carbonyl (C=O) groups is 5. The largest absolute Gasteiger partial charge is 0.508 e. The van der Waals surface area contributed by atoms with E-state index in [1.54, 1.807) is 0 Å². The fourth-order valence-corrected chi connectivity index (χ4v) is 2.85. The van der Waals surface area contributed by atoms with Crippen molar-refractivity contribution in [1.29, 1.82) is 0 Å². The third kappa shape index (κ3) is 9.42. The summed E-state index contributed by atoms with van der Waals surface area (Å²) in [7, 11) is 0. The summed E-state index contributed by atoms with van der Waals surface area (Å²) < 4.78 is 0. The molecule has 10 N–H and O–H groups in total. The second kappa shape index (κ2) is 13.1. The van der Waals surface area contributed by atoms with E-state index in [4.69, 9.17) is 11.5 Å². The monoisotopic (exact) mass is 481 g/mol. The fraction of sp³-hybridized carbons (Fsp3) is 0.476. The van der Waals surface area contributed by atoms with Gasteiger partial charge in [0.2, 0.25) is 23.6 Å². The van der Waals surface area contributed by atoms with Crippen LogP contribution in [0.4, 0.5) is 0 Å². The SMILES string of the molecule is CC(N)C(=O)NC(CCC(N)=O)C(=O)NC(Cc1ccc(O)cc1)C(=O)NC(C(=O)O)C(C)O. The number of benzene rings is 1. The highest BCUT2D eigenvalue weighted by Gasteiger charge is 2.32. The second-order valence-corrected chi connectivity index (χ2v) is 7.85. The Morgan fingerprint density at radius 2 is 1.44 bits per heavy atom. The van der Waals surface area contributed by atoms with Gasteiger partial charge in [0.25, 0.3) is 0 Å². The van der Waals surface area contributed by atoms with E-state index in [0.717, 1.165) is 0 Å². The van der Waals surface area contributed by atoms with Crippen LogP contribution < -0.4 is 27.4 Å². The van der Waals surface area contributed by atoms with E-state index in [9.17, 15) is 39.3 Å². The third-order valence-corrected chi connectivity index (χ3v) is 4.78. The van der Waals surface area contributed by atoms with Gasteiger partial charge in [-0.2, -0.15) is 0 Å². The van der Waals surface area contributed by atoms with Crippen LogP contribution in [0.25, 0.3) is 0 Å². The zero-order valence-electron chi connectivity index (χ0n) is 18.9. The van der Waals surface area contributed by atoms with Crippen LogP contribution in [0, 0.1) is 0 Å². The van der Waals surface area contributed by atoms with E-state index < -0.39 is 59.9 Å². The summed E-state index contributed by atoms with van der Waals surface area (Å²) in [6.07, 6.45) is -1.96. The number of nitrogens with one attached hydrogen (secondary N) is 3. The average molecular weight is 482 g/mol. The zero-order valence-corrected chi connectivity index (χ0v) is 18.9. The number of carbonyl (C=O) groups excluding carboxylic acids is 4. The number of carboxylic acid groups (broad SMARTS) is 1. The smallest absolute Gasteiger partial charge is 0.328 e. The fourth-order valence-electron chi connectivity index (χ4n) is 2.85. The van der Waals surface area contributed by atoms with E-state index >= 15 is 0 Å². The Kier molecular flexibility index (Phi) is 10.9. The number of aliphatic carboxylic acids is 1. The van der Waals surface area contributed by atoms with Gasteiger partial charge in [-0.3, -0.25) is 19.2 Å². The molecule has 0 spiro atoms. The normalized spacial score (nSPS) is 15.2. The summed E-state index contributed by atoms with van der Waals surface area (Å²) in [6.45, 7) is 2.57. The number of primary amides is 1. The lowest BCUT2D eigenvalue weighted by Crippen LogP contribution is -2.58. The first kappa shape index (κ1) is 28.3. The van der Waals surface area contributed by atoms with Crippen LogP contribution in [0.15, 0.2) is 24.3 Å². The lowest BCUT2D eigenvalue weighted by molar-refractivity contribution is -0.145. The molecule has 1 aromatic carbocycles. The predicted molar refractivity (Wildman–Crippen MR) is 119 cm³/mol. The van der Waals surface area contributed by atoms with Crippen LogP contribution in [0.3, 0.4) is 0 Å². The molecule has 0 heterocycles. The number of amides is 4. The minimum atomic E-state index is -1.64. The first-order valence-electron chi connectivity index (χ1n) is 10.5. The van der Waals surface area contributed by atoms with Gasteiger partial charge in [0.05, 0.1) is 12.1 Å². The standard InChI is InChI=1S/C21H31N5O8/c1-10(22)18(30)24-14(7-8-16(23)29)19(31)25-15(9-12-3-5-13(28)6-4-12)20(32)26-17(11(2)27)21(33)34/h3-6,10-11,14-15,17,27-28H,7-9,22H2,1-2H3,(H2,23,29)(H,24,30)(H,25,31)(H,26,32)(H,33,34). The highest BCUT2D eigenvalue weighted by Crippen LogP contribution is 2.12. The summed E-state index contributed by atoms with van der Waals surface area (Å²) in [5, 5.41) is 35.4. The van der Waals surface area contributed by atoms with E-state index in [1.165, 1.54) is 38.1 Å². The topological polar surface area (TPSA) is 234 Å². The molecule has 4 amide bonds. The van der Waals surface area contributed by atoms with Gasteiger partial charge < -0.3 is 42.7 Å². The van der Waals surface area contributed by atoms with Crippen LogP contribution >= 0.6 is 0 Å². The van der Waals surface area contributed by atoms with Gasteiger partial charge in [0.1, 0.15) is 17.8 Å². The molecule has 0 saturated carbocycles. The Morgan fingerprint density at radius 1 is 0.912 bits per heavy atom. The van der Waals surface area contributed by atoms with Crippen molar-refractivity contribution in [2.45, 2.75) is 63.4 Å². The maximum absolute atomic E-state index is 12.9. The molecular formula is C21H31N5O8. The van der Waals surface area contributed by atoms with Gasteiger partial charge in [0, 0.05) is 12.8 Å². The van der Waals surface area contributed by atoms with E-state index in [2.05, 4.69) is 16.0 Å². The molecule has 1 aromatic rings. The Balaban J connectivity index is 3.16. The summed E-state index contributed by atoms with van der Waals surface area (Å²) in [6, 6.07) is 0.522. The molecule has 5 atom stereocenters. The van der Waals surface area contributed by atoms with Crippen molar-refractivity contribution >= 4 is 29.6 Å². The Labute approximate surface area is 195 Å². The molecule has 0 aromatic heterocycles. The Hall–Kier alpha value is -3.71. The Bertz CT molecular complexity index is 888. The van der Waals surface area contributed by atoms with Crippen molar-refractivity contribution in [2.75, 3.05) is 0 Å². The van der Waals surface area contributed by atoms with E-state index in [-0.39, 0.29) is 25.0 Å². The number of hydrogen-bond donors (Lipinski definition) is 8. The van der Waals surface area contributed by atoms with Crippen LogP contribution in [0.5, 0.6) is 5.75 Å². The van der Waals surface area contributed by atoms with Gasteiger partial charge >= 0.3 is 5.97 Å². The van der Waals surface area contributed by atoms with E-state index in [0.29, 0.717) is 5.56 Å². The molecule has 1 rings (SSSR count). The number of aliphatic hydroxyl groups is 1. The predicted octanol–water partition coefficient (Wildman–Crippen LogP) is -2.53. The number of phenolic OH excluding ortho intramolecular Hbond substituents is 1. The summed E-state index contributed by atoms with van der Waals surface area (Å²) in [4.78, 5) is 60.3. The minimum Gasteiger partial charge on any atom is -0.508 e. The molecule has 0 radical (unpaired) electrons. The lowest BCUT2D eigenvalue weighted by atomic mass is 10.0. The van der Waals surface area contributed by atoms with Crippen molar-refractivity contribution in [3.63, 3.8) is 0 Å². The molecule has 0 saturated heterocycles. The first-order chi connectivity index (χ1) is 15.8. The molecule has 0 aliphatic heterocycles. The molecule has 0 bridgehead atoms. The van der Waals surface area contributed by atoms with Gasteiger partial charge in [0.15, 0.2) is 6.04 Å². The average Bonchev–Trinajstić information content (AvgIpc) is 2.74. The van der Waals surface area contributed by atoms with Gasteiger partial charge in [-0.1, -0.05) is 12.1 Å². The molecule has 13 nitrogen and oxygen atoms in total. The summed E-state index contributed by atoms with van der Waals surface area (Å²) in [5.74, 6) is -4.66. The van der Waals surface area contributed by atoms with Crippen molar-refractivity contribution in [3.8, 4) is 5.75 Å². The number of aliphatic hydroxyl groups excluding tert-OH is 1. The first-order valence-corrected chi connectivity index (χ1v) is 10.5. The van der Waals surface area contributed by atoms with Crippen molar-refractivity contribution in [2.24, 2.45) is 11.5 Å². The molecule has 5 unspecified atom stereocenters. The summed E-state index contributed by atoms with van der Waals surface area (Å²) in [5.41, 5.74) is 11.2. The number of rotatable bonds is 13. The molecule has 188 valence electrons. The molecule has 0 aliphatic carbocycles. The maximum Gasteiger partial charge on any atom is 0.328 e. The molecule has 13 heteroatoms. The second-order valence-electron chi connectivity index (χ2n) is 7.85. The minimum absolute atomic E-state index is 0.0287. The number of carboxylic acids is 1. The number of aromatic hydroxyl groups is 1. The highest BCUT2D eigenvalue weighted by molar-refractivity contribution is 5.94. The van der Waals surface area contributed by atoms with Crippen LogP contribution in [0.1, 0.15) is 32.3 Å². The third-order valence-electron chi connectivity index (χ3n) is 4.78. The Morgan fingerprint density at radius 3 is 1.91 bits per heavy atom. The van der Waals surface area contributed by atoms with Gasteiger partial charge in [-0.15, -0.1) is 0 Å². The van der Waals surface area contributed by atoms with Crippen molar-refractivity contribution < 1.29 is 39.3 Å². The molecule has 0 aliphatic rings. The number of nitrogens with two attached hydrogens (primary N) is 2. The summed E-state index contributed by atoms with van der Waals surface area (Å²) >= 11 is 0. The zero-order chi connectivity index (χ0) is 26.0. The van der Waals surface area contributed by atoms with Gasteiger partial charge in [-0.05, 0) is 38.0 Å². The van der Waals surface area contributed by atoms with Crippen LogP contribution in [-0.2, 0) is 30.4 Å². The molecular weight excluding hydrogens is 450 g/mol. The van der Waals surface area contributed by atoms with Crippen molar-refractivity contribution in [3.05, 3.63) is 29.8 Å². The molecule has 0 fully saturated rings. The number of hydrogen-bond acceptors (Lipinski definition) is 8. The quantitative estimate of drug-likeness (QED) is 0.148. The van der Waals surface area contributed by atoms with Crippen LogP contribution in [0.2, 0.25) is 0 Å².